The first-order valence-corrected chi connectivity index (χ1v) is 7.64. The van der Waals surface area contributed by atoms with Gasteiger partial charge in [0.25, 0.3) is 0 Å². The van der Waals surface area contributed by atoms with Gasteiger partial charge in [-0.25, -0.2) is 9.59 Å². The summed E-state index contributed by atoms with van der Waals surface area (Å²) in [5.41, 5.74) is 1.72. The minimum absolute atomic E-state index is 0.0185. The van der Waals surface area contributed by atoms with Crippen molar-refractivity contribution in [3.05, 3.63) is 38.4 Å². The van der Waals surface area contributed by atoms with Crippen molar-refractivity contribution in [3.63, 3.8) is 0 Å². The fourth-order valence-corrected chi connectivity index (χ4v) is 3.00. The molecule has 0 unspecified atom stereocenters. The average molecular weight is 421 g/mol. The first-order chi connectivity index (χ1) is 9.92. The number of anilines is 1. The van der Waals surface area contributed by atoms with Crippen molar-refractivity contribution < 1.29 is 19.1 Å². The molecule has 0 aliphatic heterocycles. The van der Waals surface area contributed by atoms with Crippen LogP contribution in [0.15, 0.2) is 32.9 Å². The maximum absolute atomic E-state index is 11.7. The molecule has 0 spiro atoms. The van der Waals surface area contributed by atoms with E-state index in [-0.39, 0.29) is 5.70 Å². The Labute approximate surface area is 139 Å². The van der Waals surface area contributed by atoms with Crippen LogP contribution < -0.4 is 5.32 Å². The first kappa shape index (κ1) is 17.7. The Hall–Kier alpha value is -1.34. The van der Waals surface area contributed by atoms with Gasteiger partial charge in [0.1, 0.15) is 5.70 Å². The van der Waals surface area contributed by atoms with Gasteiger partial charge in [-0.2, -0.15) is 0 Å². The molecule has 0 amide bonds. The van der Waals surface area contributed by atoms with Gasteiger partial charge in [-0.15, -0.1) is 0 Å². The van der Waals surface area contributed by atoms with Crippen LogP contribution in [0.3, 0.4) is 0 Å². The standard InChI is InChI=1S/C14H15Br2NO4/c1-4-8-5-9(15)13(10(16)6-8)17-11(14(19)21-3)7-12(18)20-2/h5-7,17H,4H2,1-3H3/b11-7+. The molecule has 1 aromatic carbocycles. The van der Waals surface area contributed by atoms with Gasteiger partial charge in [-0.1, -0.05) is 6.92 Å². The monoisotopic (exact) mass is 419 g/mol. The Balaban J connectivity index is 3.18. The molecule has 114 valence electrons. The maximum Gasteiger partial charge on any atom is 0.354 e. The van der Waals surface area contributed by atoms with Gasteiger partial charge < -0.3 is 14.8 Å². The van der Waals surface area contributed by atoms with Gasteiger partial charge in [-0.05, 0) is 56.0 Å². The zero-order valence-corrected chi connectivity index (χ0v) is 15.0. The third kappa shape index (κ3) is 4.86. The van der Waals surface area contributed by atoms with Crippen molar-refractivity contribution in [1.82, 2.24) is 0 Å². The van der Waals surface area contributed by atoms with Crippen LogP contribution in [0.25, 0.3) is 0 Å². The molecule has 0 aliphatic rings. The SMILES string of the molecule is CCc1cc(Br)c(N/C(=C/C(=O)OC)C(=O)OC)c(Br)c1. The van der Waals surface area contributed by atoms with Crippen molar-refractivity contribution in [2.75, 3.05) is 19.5 Å². The van der Waals surface area contributed by atoms with Crippen LogP contribution >= 0.6 is 31.9 Å². The number of carbonyl (C=O) groups is 2. The van der Waals surface area contributed by atoms with Gasteiger partial charge >= 0.3 is 11.9 Å². The van der Waals surface area contributed by atoms with E-state index >= 15 is 0 Å². The highest BCUT2D eigenvalue weighted by atomic mass is 79.9. The minimum Gasteiger partial charge on any atom is -0.466 e. The van der Waals surface area contributed by atoms with Gasteiger partial charge in [0.2, 0.25) is 0 Å². The Morgan fingerprint density at radius 3 is 2.19 bits per heavy atom. The maximum atomic E-state index is 11.7. The molecule has 5 nitrogen and oxygen atoms in total. The van der Waals surface area contributed by atoms with E-state index in [1.165, 1.54) is 14.2 Å². The lowest BCUT2D eigenvalue weighted by Gasteiger charge is -2.14. The summed E-state index contributed by atoms with van der Waals surface area (Å²) < 4.78 is 10.7. The van der Waals surface area contributed by atoms with Crippen molar-refractivity contribution >= 4 is 49.5 Å². The molecule has 1 rings (SSSR count). The van der Waals surface area contributed by atoms with Crippen LogP contribution in [-0.4, -0.2) is 26.2 Å². The van der Waals surface area contributed by atoms with Crippen LogP contribution in [0.2, 0.25) is 0 Å². The predicted octanol–water partition coefficient (Wildman–Crippen LogP) is 3.42. The molecule has 0 aliphatic carbocycles. The Morgan fingerprint density at radius 1 is 1.19 bits per heavy atom. The number of ether oxygens (including phenoxy) is 2. The highest BCUT2D eigenvalue weighted by Gasteiger charge is 2.16. The predicted molar refractivity (Wildman–Crippen MR) is 87.0 cm³/mol. The molecule has 0 fully saturated rings. The fourth-order valence-electron chi connectivity index (χ4n) is 1.52. The van der Waals surface area contributed by atoms with E-state index in [1.54, 1.807) is 0 Å². The van der Waals surface area contributed by atoms with Crippen LogP contribution in [0, 0.1) is 0 Å². The third-order valence-corrected chi connectivity index (χ3v) is 3.89. The molecule has 0 saturated carbocycles. The minimum atomic E-state index is -0.668. The first-order valence-electron chi connectivity index (χ1n) is 6.05. The Morgan fingerprint density at radius 2 is 1.76 bits per heavy atom. The summed E-state index contributed by atoms with van der Waals surface area (Å²) in [5.74, 6) is -1.32. The summed E-state index contributed by atoms with van der Waals surface area (Å²) in [7, 11) is 2.47. The van der Waals surface area contributed by atoms with Crippen LogP contribution in [0.1, 0.15) is 12.5 Å². The summed E-state index contributed by atoms with van der Waals surface area (Å²) in [6.07, 6.45) is 1.91. The highest BCUT2D eigenvalue weighted by molar-refractivity contribution is 9.11. The second-order valence-electron chi connectivity index (χ2n) is 3.99. The lowest BCUT2D eigenvalue weighted by atomic mass is 10.1. The van der Waals surface area contributed by atoms with Crippen molar-refractivity contribution in [2.24, 2.45) is 0 Å². The molecule has 0 heterocycles. The largest absolute Gasteiger partial charge is 0.466 e. The van der Waals surface area contributed by atoms with Gasteiger partial charge in [0.15, 0.2) is 0 Å². The zero-order valence-electron chi connectivity index (χ0n) is 11.8. The Kier molecular flexibility index (Phi) is 6.91. The number of carbonyl (C=O) groups excluding carboxylic acids is 2. The van der Waals surface area contributed by atoms with E-state index < -0.39 is 11.9 Å². The van der Waals surface area contributed by atoms with E-state index in [0.717, 1.165) is 27.0 Å². The molecule has 1 N–H and O–H groups in total. The Bertz CT molecular complexity index is 561. The van der Waals surface area contributed by atoms with E-state index in [4.69, 9.17) is 0 Å². The number of aryl methyl sites for hydroxylation is 1. The third-order valence-electron chi connectivity index (χ3n) is 2.64. The van der Waals surface area contributed by atoms with Gasteiger partial charge in [-0.3, -0.25) is 0 Å². The van der Waals surface area contributed by atoms with Gasteiger partial charge in [0, 0.05) is 8.95 Å². The van der Waals surface area contributed by atoms with E-state index in [9.17, 15) is 9.59 Å². The smallest absolute Gasteiger partial charge is 0.354 e. The summed E-state index contributed by atoms with van der Waals surface area (Å²) in [5, 5.41) is 2.87. The molecule has 7 heteroatoms. The van der Waals surface area contributed by atoms with Crippen molar-refractivity contribution in [3.8, 4) is 0 Å². The van der Waals surface area contributed by atoms with Crippen LogP contribution in [0.5, 0.6) is 0 Å². The van der Waals surface area contributed by atoms with E-state index in [2.05, 4.69) is 46.7 Å². The average Bonchev–Trinajstić information content (AvgIpc) is 2.48. The second kappa shape index (κ2) is 8.19. The zero-order chi connectivity index (χ0) is 16.0. The van der Waals surface area contributed by atoms with Crippen LogP contribution in [0.4, 0.5) is 5.69 Å². The van der Waals surface area contributed by atoms with Crippen LogP contribution in [-0.2, 0) is 25.5 Å². The molecule has 1 aromatic rings. The number of esters is 2. The van der Waals surface area contributed by atoms with E-state index in [1.807, 2.05) is 19.1 Å². The number of nitrogens with one attached hydrogen (secondary N) is 1. The number of halogens is 2. The molecule has 21 heavy (non-hydrogen) atoms. The fraction of sp³-hybridized carbons (Fsp3) is 0.286. The van der Waals surface area contributed by atoms with Crippen molar-refractivity contribution in [1.29, 1.82) is 0 Å². The molecule has 0 atom stereocenters. The molecule has 0 aromatic heterocycles. The summed E-state index contributed by atoms with van der Waals surface area (Å²) >= 11 is 6.87. The van der Waals surface area contributed by atoms with E-state index in [0.29, 0.717) is 5.69 Å². The number of benzene rings is 1. The topological polar surface area (TPSA) is 64.6 Å². The highest BCUT2D eigenvalue weighted by Crippen LogP contribution is 2.33. The summed E-state index contributed by atoms with van der Waals surface area (Å²) in [6, 6.07) is 3.86. The van der Waals surface area contributed by atoms with Crippen molar-refractivity contribution in [2.45, 2.75) is 13.3 Å². The lowest BCUT2D eigenvalue weighted by Crippen LogP contribution is -2.16. The normalized spacial score (nSPS) is 11.0. The molecular weight excluding hydrogens is 406 g/mol. The van der Waals surface area contributed by atoms with Gasteiger partial charge in [0.05, 0.1) is 26.0 Å². The lowest BCUT2D eigenvalue weighted by molar-refractivity contribution is -0.138. The second-order valence-corrected chi connectivity index (χ2v) is 5.69. The number of hydrogen-bond donors (Lipinski definition) is 1. The summed E-state index contributed by atoms with van der Waals surface area (Å²) in [4.78, 5) is 23.1. The molecular formula is C14H15Br2NO4. The molecule has 0 radical (unpaired) electrons. The number of hydrogen-bond acceptors (Lipinski definition) is 5. The quantitative estimate of drug-likeness (QED) is 0.584. The summed E-state index contributed by atoms with van der Waals surface area (Å²) in [6.45, 7) is 2.04. The number of methoxy groups -OCH3 is 2. The molecule has 0 bridgehead atoms. The number of rotatable bonds is 5. The molecule has 0 saturated heterocycles.